The van der Waals surface area contributed by atoms with Crippen LogP contribution in [0.2, 0.25) is 10.0 Å². The molecular formula is C23H17Cl2NO2S2. The second-order valence-electron chi connectivity index (χ2n) is 6.71. The first-order valence-electron chi connectivity index (χ1n) is 9.31. The number of thiocarbonyl (C=S) groups is 1. The molecule has 0 aliphatic carbocycles. The Hall–Kier alpha value is -2.05. The van der Waals surface area contributed by atoms with Gasteiger partial charge in [0, 0.05) is 6.54 Å². The zero-order valence-electron chi connectivity index (χ0n) is 16.0. The summed E-state index contributed by atoms with van der Waals surface area (Å²) in [5.74, 6) is 0.320. The Morgan fingerprint density at radius 3 is 2.43 bits per heavy atom. The van der Waals surface area contributed by atoms with Crippen LogP contribution in [0.4, 0.5) is 0 Å². The maximum absolute atomic E-state index is 12.4. The molecule has 0 bridgehead atoms. The molecule has 1 amide bonds. The number of ether oxygens (including phenoxy) is 1. The Kier molecular flexibility index (Phi) is 6.34. The highest BCUT2D eigenvalue weighted by molar-refractivity contribution is 8.26. The fourth-order valence-corrected chi connectivity index (χ4v) is 5.21. The van der Waals surface area contributed by atoms with Crippen LogP contribution < -0.4 is 4.74 Å². The molecule has 3 aromatic rings. The van der Waals surface area contributed by atoms with Crippen molar-refractivity contribution in [3.8, 4) is 5.75 Å². The number of carbonyl (C=O) groups is 1. The lowest BCUT2D eigenvalue weighted by atomic mass is 10.1. The molecule has 1 fully saturated rings. The van der Waals surface area contributed by atoms with Gasteiger partial charge in [-0.05, 0) is 53.1 Å². The van der Waals surface area contributed by atoms with Gasteiger partial charge in [-0.2, -0.15) is 0 Å². The molecule has 152 valence electrons. The fraction of sp³-hybridized carbons (Fsp3) is 0.130. The van der Waals surface area contributed by atoms with Crippen molar-refractivity contribution in [1.29, 1.82) is 0 Å². The molecule has 0 aromatic heterocycles. The minimum Gasteiger partial charge on any atom is -0.486 e. The molecule has 1 aliphatic heterocycles. The van der Waals surface area contributed by atoms with Gasteiger partial charge in [-0.3, -0.25) is 9.69 Å². The lowest BCUT2D eigenvalue weighted by Gasteiger charge is -2.12. The van der Waals surface area contributed by atoms with Gasteiger partial charge in [0.1, 0.15) is 10.9 Å². The summed E-state index contributed by atoms with van der Waals surface area (Å²) in [4.78, 5) is 14.5. The highest BCUT2D eigenvalue weighted by Crippen LogP contribution is 2.38. The number of rotatable bonds is 5. The number of amides is 1. The summed E-state index contributed by atoms with van der Waals surface area (Å²) in [6.07, 6.45) is 1.75. The van der Waals surface area contributed by atoms with E-state index in [2.05, 4.69) is 24.3 Å². The van der Waals surface area contributed by atoms with Crippen LogP contribution in [-0.2, 0) is 11.4 Å². The highest BCUT2D eigenvalue weighted by atomic mass is 35.5. The third kappa shape index (κ3) is 4.35. The second-order valence-corrected chi connectivity index (χ2v) is 9.20. The molecule has 7 heteroatoms. The van der Waals surface area contributed by atoms with Crippen LogP contribution in [0.15, 0.2) is 59.5 Å². The number of hydrogen-bond donors (Lipinski definition) is 0. The van der Waals surface area contributed by atoms with Crippen LogP contribution in [0.5, 0.6) is 5.75 Å². The lowest BCUT2D eigenvalue weighted by Crippen LogP contribution is -2.27. The number of nitrogens with zero attached hydrogens (tertiary/aromatic N) is 1. The zero-order chi connectivity index (χ0) is 21.3. The monoisotopic (exact) mass is 473 g/mol. The second kappa shape index (κ2) is 8.98. The summed E-state index contributed by atoms with van der Waals surface area (Å²) < 4.78 is 6.47. The molecule has 30 heavy (non-hydrogen) atoms. The third-order valence-corrected chi connectivity index (χ3v) is 6.64. The van der Waals surface area contributed by atoms with Gasteiger partial charge >= 0.3 is 0 Å². The van der Waals surface area contributed by atoms with Gasteiger partial charge in [0.25, 0.3) is 5.91 Å². The van der Waals surface area contributed by atoms with Crippen LogP contribution in [-0.4, -0.2) is 21.7 Å². The zero-order valence-corrected chi connectivity index (χ0v) is 19.2. The van der Waals surface area contributed by atoms with Crippen molar-refractivity contribution >= 4 is 74.3 Å². The Bertz CT molecular complexity index is 1170. The Labute approximate surface area is 194 Å². The number of carbonyl (C=O) groups excluding carboxylic acids is 1. The summed E-state index contributed by atoms with van der Waals surface area (Å²) in [5, 5.41) is 3.10. The normalized spacial score (nSPS) is 15.4. The van der Waals surface area contributed by atoms with Crippen molar-refractivity contribution in [2.45, 2.75) is 13.5 Å². The first kappa shape index (κ1) is 21.2. The van der Waals surface area contributed by atoms with Gasteiger partial charge < -0.3 is 4.74 Å². The summed E-state index contributed by atoms with van der Waals surface area (Å²) in [5.41, 5.74) is 1.74. The van der Waals surface area contributed by atoms with Crippen molar-refractivity contribution in [2.24, 2.45) is 0 Å². The van der Waals surface area contributed by atoms with Crippen LogP contribution >= 0.6 is 47.2 Å². The molecule has 0 N–H and O–H groups in total. The predicted octanol–water partition coefficient (Wildman–Crippen LogP) is 6.95. The van der Waals surface area contributed by atoms with Gasteiger partial charge in [-0.25, -0.2) is 0 Å². The smallest absolute Gasteiger partial charge is 0.266 e. The summed E-state index contributed by atoms with van der Waals surface area (Å²) in [6, 6.07) is 17.8. The fourth-order valence-electron chi connectivity index (χ4n) is 3.21. The SMILES string of the molecule is CCN1C(=O)/C(=C/c2cc(Cl)c(OCc3ccc4ccccc4c3)c(Cl)c2)SC1=S. The minimum atomic E-state index is -0.101. The Morgan fingerprint density at radius 2 is 1.77 bits per heavy atom. The molecule has 3 nitrogen and oxygen atoms in total. The van der Waals surface area contributed by atoms with E-state index < -0.39 is 0 Å². The Balaban J connectivity index is 1.53. The van der Waals surface area contributed by atoms with E-state index in [0.717, 1.165) is 16.5 Å². The van der Waals surface area contributed by atoms with Crippen molar-refractivity contribution < 1.29 is 9.53 Å². The molecule has 1 heterocycles. The lowest BCUT2D eigenvalue weighted by molar-refractivity contribution is -0.121. The molecule has 0 atom stereocenters. The van der Waals surface area contributed by atoms with Crippen LogP contribution in [0.3, 0.4) is 0 Å². The van der Waals surface area contributed by atoms with E-state index in [1.807, 2.05) is 25.1 Å². The van der Waals surface area contributed by atoms with Crippen molar-refractivity contribution in [3.63, 3.8) is 0 Å². The van der Waals surface area contributed by atoms with Crippen LogP contribution in [0, 0.1) is 0 Å². The summed E-state index contributed by atoms with van der Waals surface area (Å²) in [7, 11) is 0. The molecule has 0 saturated carbocycles. The topological polar surface area (TPSA) is 29.5 Å². The first-order chi connectivity index (χ1) is 14.5. The standard InChI is InChI=1S/C23H17Cl2NO2S2/c1-2-26-22(27)20(30-23(26)29)12-15-10-18(24)21(19(25)11-15)28-13-14-7-8-16-5-3-4-6-17(16)9-14/h3-12H,2,13H2,1H3/b20-12-. The summed E-state index contributed by atoms with van der Waals surface area (Å²) in [6.45, 7) is 2.78. The highest BCUT2D eigenvalue weighted by Gasteiger charge is 2.30. The van der Waals surface area contributed by atoms with Gasteiger partial charge in [0.05, 0.1) is 15.0 Å². The maximum atomic E-state index is 12.4. The van der Waals surface area contributed by atoms with Gasteiger partial charge in [-0.15, -0.1) is 0 Å². The van der Waals surface area contributed by atoms with E-state index in [1.54, 1.807) is 23.1 Å². The van der Waals surface area contributed by atoms with E-state index in [9.17, 15) is 4.79 Å². The van der Waals surface area contributed by atoms with E-state index in [4.69, 9.17) is 40.2 Å². The van der Waals surface area contributed by atoms with Crippen molar-refractivity contribution in [3.05, 3.63) is 80.7 Å². The molecule has 0 spiro atoms. The molecule has 4 rings (SSSR count). The van der Waals surface area contributed by atoms with E-state index in [0.29, 0.717) is 38.2 Å². The van der Waals surface area contributed by atoms with Crippen LogP contribution in [0.1, 0.15) is 18.1 Å². The predicted molar refractivity (Wildman–Crippen MR) is 130 cm³/mol. The maximum Gasteiger partial charge on any atom is 0.266 e. The van der Waals surface area contributed by atoms with Gasteiger partial charge in [0.15, 0.2) is 5.75 Å². The number of halogens is 2. The largest absolute Gasteiger partial charge is 0.486 e. The number of likely N-dealkylation sites (N-methyl/N-ethyl adjacent to an activating group) is 1. The van der Waals surface area contributed by atoms with Gasteiger partial charge in [-0.1, -0.05) is 83.6 Å². The van der Waals surface area contributed by atoms with Crippen molar-refractivity contribution in [2.75, 3.05) is 6.54 Å². The summed E-state index contributed by atoms with van der Waals surface area (Å²) >= 11 is 19.4. The average Bonchev–Trinajstić information content (AvgIpc) is 2.99. The van der Waals surface area contributed by atoms with Crippen LogP contribution in [0.25, 0.3) is 16.8 Å². The molecule has 1 aliphatic rings. The molecular weight excluding hydrogens is 457 g/mol. The third-order valence-electron chi connectivity index (χ3n) is 4.71. The molecule has 0 unspecified atom stereocenters. The van der Waals surface area contributed by atoms with E-state index >= 15 is 0 Å². The first-order valence-corrected chi connectivity index (χ1v) is 11.3. The molecule has 1 saturated heterocycles. The number of benzene rings is 3. The molecule has 3 aromatic carbocycles. The minimum absolute atomic E-state index is 0.101. The average molecular weight is 474 g/mol. The van der Waals surface area contributed by atoms with E-state index in [-0.39, 0.29) is 5.91 Å². The number of fused-ring (bicyclic) bond motifs is 1. The Morgan fingerprint density at radius 1 is 1.07 bits per heavy atom. The number of thioether (sulfide) groups is 1. The number of hydrogen-bond acceptors (Lipinski definition) is 4. The van der Waals surface area contributed by atoms with Gasteiger partial charge in [0.2, 0.25) is 0 Å². The quantitative estimate of drug-likeness (QED) is 0.296. The van der Waals surface area contributed by atoms with E-state index in [1.165, 1.54) is 17.1 Å². The molecule has 0 radical (unpaired) electrons. The van der Waals surface area contributed by atoms with Crippen molar-refractivity contribution in [1.82, 2.24) is 4.90 Å².